The second kappa shape index (κ2) is 27.5. The van der Waals surface area contributed by atoms with Gasteiger partial charge in [-0.15, -0.1) is 0 Å². The van der Waals surface area contributed by atoms with Gasteiger partial charge >= 0.3 is 0 Å². The molecule has 1 saturated heterocycles. The van der Waals surface area contributed by atoms with Gasteiger partial charge in [-0.05, 0) is 212 Å². The Balaban J connectivity index is 0.000000126. The fraction of sp³-hybridized carbons (Fsp3) is 0.217. The Kier molecular flexibility index (Phi) is 18.0. The van der Waals surface area contributed by atoms with Gasteiger partial charge in [-0.3, -0.25) is 28.8 Å². The number of aromatic nitrogens is 1. The predicted octanol–water partition coefficient (Wildman–Crippen LogP) is 20.0. The molecular weight excluding hydrogens is 1290 g/mol. The van der Waals surface area contributed by atoms with Crippen LogP contribution in [0.5, 0.6) is 0 Å². The average molecular weight is 1370 g/mol. The van der Waals surface area contributed by atoms with Crippen LogP contribution in [-0.2, 0) is 31.6 Å². The Morgan fingerprint density at radius 1 is 0.375 bits per heavy atom. The maximum atomic E-state index is 13.1. The Hall–Kier alpha value is -11.8. The Morgan fingerprint density at radius 2 is 0.750 bits per heavy atom. The number of allylic oxidation sites excluding steroid dienone is 18. The van der Waals surface area contributed by atoms with E-state index in [0.717, 1.165) is 62.3 Å². The first-order chi connectivity index (χ1) is 50.2. The van der Waals surface area contributed by atoms with E-state index in [9.17, 15) is 28.8 Å². The van der Waals surface area contributed by atoms with Gasteiger partial charge in [0.25, 0.3) is 0 Å². The molecule has 104 heavy (non-hydrogen) atoms. The van der Waals surface area contributed by atoms with E-state index < -0.39 is 0 Å². The van der Waals surface area contributed by atoms with Crippen LogP contribution in [0.4, 0.5) is 11.4 Å². The third kappa shape index (κ3) is 12.9. The van der Waals surface area contributed by atoms with Crippen molar-refractivity contribution in [3.63, 3.8) is 0 Å². The molecule has 6 aliphatic heterocycles. The van der Waals surface area contributed by atoms with E-state index in [-0.39, 0.29) is 62.2 Å². The van der Waals surface area contributed by atoms with Gasteiger partial charge in [0.15, 0.2) is 34.7 Å². The standard InChI is InChI=1S/C33H33NO3.C31H23NO3.C28H25NO3/c1-20-16-22(28-30(35)24-8-6-7-9-25(24)31(28)36)19-23(37-20)11-10-21-17-26-29-27(18-21)33(4,5)13-15-34(29)14-12-32(26,2)3;1-3-32-27-11-7-6-8-23(27)26-17-20(13-15-28(26)32)12-14-22-18-21(16-19(2)35-22)29-30(33)24-9-4-5-10-25(24)31(29)34;1-19-17-21(26-27(30)24-7-3-4-8-25(24)28(26)31)18-23(32-19)14-11-20-9-12-22(13-10-20)29-15-5-2-6-16-29/h6-11,16-19H,12-15H2,1-5H3;4-18H,3H2,1-2H3;3-4,7-14,17-18H,2,5-6,15-16H2,1H3/b11-10+;14-12+;14-11+. The molecule has 8 aromatic rings. The first-order valence-corrected chi connectivity index (χ1v) is 36.1. The van der Waals surface area contributed by atoms with E-state index in [4.69, 9.17) is 14.2 Å². The van der Waals surface area contributed by atoms with Gasteiger partial charge in [-0.25, -0.2) is 0 Å². The highest BCUT2D eigenvalue weighted by atomic mass is 16.5. The maximum absolute atomic E-state index is 13.1. The Labute approximate surface area is 606 Å². The monoisotopic (exact) mass is 1370 g/mol. The van der Waals surface area contributed by atoms with E-state index in [1.54, 1.807) is 109 Å². The number of carbonyl (C=O) groups is 6. The number of hydrogen-bond donors (Lipinski definition) is 0. The third-order valence-electron chi connectivity index (χ3n) is 21.3. The molecule has 0 amide bonds. The molecule has 0 saturated carbocycles. The lowest BCUT2D eigenvalue weighted by Gasteiger charge is -2.48. The normalized spacial score (nSPS) is 18.7. The molecule has 0 unspecified atom stereocenters. The molecule has 7 heterocycles. The summed E-state index contributed by atoms with van der Waals surface area (Å²) in [7, 11) is 0. The molecule has 0 radical (unpaired) electrons. The van der Waals surface area contributed by atoms with Crippen LogP contribution in [0.15, 0.2) is 274 Å². The number of para-hydroxylation sites is 1. The Bertz CT molecular complexity index is 5300. The first kappa shape index (κ1) is 68.0. The van der Waals surface area contributed by atoms with Gasteiger partial charge in [0.2, 0.25) is 0 Å². The molecule has 0 N–H and O–H groups in total. The zero-order valence-electron chi connectivity index (χ0n) is 59.9. The van der Waals surface area contributed by atoms with Crippen molar-refractivity contribution in [2.24, 2.45) is 0 Å². The van der Waals surface area contributed by atoms with E-state index in [1.807, 2.05) is 51.2 Å². The van der Waals surface area contributed by atoms with Crippen LogP contribution >= 0.6 is 0 Å². The number of anilines is 2. The van der Waals surface area contributed by atoms with Gasteiger partial charge in [0.05, 0.1) is 16.7 Å². The zero-order chi connectivity index (χ0) is 72.3. The number of carbonyl (C=O) groups excluding carboxylic acids is 6. The molecule has 1 aromatic heterocycles. The van der Waals surface area contributed by atoms with Crippen molar-refractivity contribution in [2.45, 2.75) is 105 Å². The van der Waals surface area contributed by atoms with Crippen LogP contribution in [0.1, 0.15) is 177 Å². The molecule has 0 atom stereocenters. The summed E-state index contributed by atoms with van der Waals surface area (Å²) in [6.45, 7) is 22.4. The van der Waals surface area contributed by atoms with Crippen molar-refractivity contribution in [3.05, 3.63) is 336 Å². The topological polar surface area (TPSA) is 142 Å². The molecule has 3 aliphatic carbocycles. The lowest BCUT2D eigenvalue weighted by Crippen LogP contribution is -2.44. The highest BCUT2D eigenvalue weighted by Gasteiger charge is 2.41. The van der Waals surface area contributed by atoms with Crippen molar-refractivity contribution in [1.29, 1.82) is 0 Å². The van der Waals surface area contributed by atoms with Crippen molar-refractivity contribution in [3.8, 4) is 0 Å². The molecule has 17 rings (SSSR count). The first-order valence-electron chi connectivity index (χ1n) is 36.1. The summed E-state index contributed by atoms with van der Waals surface area (Å²) in [6.07, 6.45) is 28.5. The molecule has 12 nitrogen and oxygen atoms in total. The number of nitrogens with zero attached hydrogens (tertiary/aromatic N) is 3. The van der Waals surface area contributed by atoms with Crippen LogP contribution < -0.4 is 9.80 Å². The molecule has 518 valence electrons. The highest BCUT2D eigenvalue weighted by molar-refractivity contribution is 6.41. The van der Waals surface area contributed by atoms with Gasteiger partial charge in [0, 0.05) is 99.3 Å². The third-order valence-corrected chi connectivity index (χ3v) is 21.3. The van der Waals surface area contributed by atoms with Gasteiger partial charge in [0.1, 0.15) is 34.6 Å². The number of rotatable bonds is 8. The van der Waals surface area contributed by atoms with Crippen molar-refractivity contribution in [1.82, 2.24) is 4.57 Å². The summed E-state index contributed by atoms with van der Waals surface area (Å²) in [5.74, 6) is 2.38. The van der Waals surface area contributed by atoms with Crippen molar-refractivity contribution in [2.75, 3.05) is 36.0 Å². The lowest BCUT2D eigenvalue weighted by atomic mass is 9.69. The number of ether oxygens (including phenoxy) is 3. The summed E-state index contributed by atoms with van der Waals surface area (Å²) in [5, 5.41) is 2.44. The second-order valence-corrected chi connectivity index (χ2v) is 29.2. The molecule has 1 fully saturated rings. The molecular formula is C92H81N3O9. The average Bonchev–Trinajstić information content (AvgIpc) is 1.21. The maximum Gasteiger partial charge on any atom is 0.198 e. The lowest BCUT2D eigenvalue weighted by molar-refractivity contribution is 0.0972. The van der Waals surface area contributed by atoms with Gasteiger partial charge < -0.3 is 28.6 Å². The van der Waals surface area contributed by atoms with Gasteiger partial charge in [-0.2, -0.15) is 0 Å². The van der Waals surface area contributed by atoms with Crippen LogP contribution in [-0.4, -0.2) is 65.4 Å². The second-order valence-electron chi connectivity index (χ2n) is 29.2. The number of aryl methyl sites for hydroxylation is 1. The number of hydrogen-bond acceptors (Lipinski definition) is 11. The minimum atomic E-state index is -0.233. The van der Waals surface area contributed by atoms with Crippen LogP contribution in [0.2, 0.25) is 0 Å². The van der Waals surface area contributed by atoms with Crippen LogP contribution in [0.3, 0.4) is 0 Å². The minimum absolute atomic E-state index is 0.119. The molecule has 9 aliphatic rings. The number of benzene rings is 7. The summed E-state index contributed by atoms with van der Waals surface area (Å²) >= 11 is 0. The SMILES string of the molecule is CC1=CC(=C2C(=O)c3ccccc3C2=O)C=C(/C=C/c2cc3c4c(c2)C(C)(C)CCN4CCC3(C)C)O1.CC1=CC(=C2C(=O)c3ccccc3C2=O)C=C(/C=C/c2ccc(N3CCCCC3)cc2)O1.CCn1c2ccccc2c2cc(/C=C/C3=CC(=C4C(=O)c5ccccc5C4=O)C=C(C)O3)ccc21. The number of fused-ring (bicyclic) bond motifs is 6. The van der Waals surface area contributed by atoms with E-state index in [2.05, 4.69) is 134 Å². The predicted molar refractivity (Wildman–Crippen MR) is 414 cm³/mol. The summed E-state index contributed by atoms with van der Waals surface area (Å²) < 4.78 is 20.1. The smallest absolute Gasteiger partial charge is 0.198 e. The summed E-state index contributed by atoms with van der Waals surface area (Å²) in [6, 6.07) is 49.0. The Morgan fingerprint density at radius 3 is 1.17 bits per heavy atom. The van der Waals surface area contributed by atoms with Crippen molar-refractivity contribution < 1.29 is 43.0 Å². The molecule has 0 spiro atoms. The van der Waals surface area contributed by atoms with Crippen LogP contribution in [0.25, 0.3) is 40.0 Å². The number of Topliss-reactive ketones (excluding diaryl/α,β-unsaturated/α-hetero) is 6. The quantitative estimate of drug-likeness (QED) is 0.106. The molecule has 7 aromatic carbocycles. The fourth-order valence-corrected chi connectivity index (χ4v) is 15.8. The van der Waals surface area contributed by atoms with Crippen LogP contribution in [0, 0.1) is 0 Å². The van der Waals surface area contributed by atoms with Crippen molar-refractivity contribution >= 4 is 86.1 Å². The zero-order valence-corrected chi connectivity index (χ0v) is 59.9. The molecule has 12 heteroatoms. The van der Waals surface area contributed by atoms with E-state index in [0.29, 0.717) is 84.7 Å². The fourth-order valence-electron chi connectivity index (χ4n) is 15.8. The minimum Gasteiger partial charge on any atom is -0.462 e. The van der Waals surface area contributed by atoms with Gasteiger partial charge in [-0.1, -0.05) is 155 Å². The summed E-state index contributed by atoms with van der Waals surface area (Å²) in [4.78, 5) is 82.8. The number of ketones is 6. The number of piperidine rings is 1. The highest BCUT2D eigenvalue weighted by Crippen LogP contribution is 2.50. The van der Waals surface area contributed by atoms with E-state index in [1.165, 1.54) is 63.6 Å². The molecule has 0 bridgehead atoms. The summed E-state index contributed by atoms with van der Waals surface area (Å²) in [5.41, 5.74) is 16.7. The van der Waals surface area contributed by atoms with E-state index >= 15 is 0 Å². The largest absolute Gasteiger partial charge is 0.462 e.